The van der Waals surface area contributed by atoms with Gasteiger partial charge in [-0.15, -0.1) is 0 Å². The second kappa shape index (κ2) is 5.28. The van der Waals surface area contributed by atoms with Crippen LogP contribution in [0.25, 0.3) is 0 Å². The zero-order valence-electron chi connectivity index (χ0n) is 9.28. The fraction of sp³-hybridized carbons (Fsp3) is 0.727. The Hall–Kier alpha value is -0.870. The van der Waals surface area contributed by atoms with Crippen molar-refractivity contribution in [1.82, 2.24) is 14.9 Å². The summed E-state index contributed by atoms with van der Waals surface area (Å²) in [5, 5.41) is 3.42. The normalized spacial score (nSPS) is 21.0. The molecule has 15 heavy (non-hydrogen) atoms. The van der Waals surface area contributed by atoms with Crippen LogP contribution >= 0.6 is 0 Å². The second-order valence-electron chi connectivity index (χ2n) is 4.01. The summed E-state index contributed by atoms with van der Waals surface area (Å²) in [4.78, 5) is 4.18. The van der Waals surface area contributed by atoms with Crippen molar-refractivity contribution in [3.8, 4) is 0 Å². The maximum atomic E-state index is 5.53. The fourth-order valence-corrected chi connectivity index (χ4v) is 1.91. The van der Waals surface area contributed by atoms with Gasteiger partial charge in [-0.2, -0.15) is 0 Å². The van der Waals surface area contributed by atoms with E-state index in [1.807, 2.05) is 19.3 Å². The Bertz CT molecular complexity index is 292. The van der Waals surface area contributed by atoms with Crippen LogP contribution in [0.2, 0.25) is 0 Å². The van der Waals surface area contributed by atoms with Gasteiger partial charge in [0.05, 0.1) is 6.10 Å². The van der Waals surface area contributed by atoms with Crippen LogP contribution in [0.4, 0.5) is 0 Å². The molecule has 0 amide bonds. The molecule has 0 aromatic carbocycles. The molecule has 1 N–H and O–H groups in total. The molecule has 1 saturated heterocycles. The maximum Gasteiger partial charge on any atom is 0.105 e. The lowest BCUT2D eigenvalue weighted by atomic mass is 10.2. The molecule has 0 spiro atoms. The first-order valence-corrected chi connectivity index (χ1v) is 5.66. The van der Waals surface area contributed by atoms with Crippen LogP contribution < -0.4 is 5.32 Å². The van der Waals surface area contributed by atoms with E-state index in [1.54, 1.807) is 0 Å². The summed E-state index contributed by atoms with van der Waals surface area (Å²) in [5.41, 5.74) is 0. The number of hydrogen-bond donors (Lipinski definition) is 1. The minimum atomic E-state index is 0.439. The topological polar surface area (TPSA) is 39.1 Å². The van der Waals surface area contributed by atoms with E-state index in [2.05, 4.69) is 14.9 Å². The van der Waals surface area contributed by atoms with E-state index >= 15 is 0 Å². The van der Waals surface area contributed by atoms with Crippen molar-refractivity contribution < 1.29 is 4.74 Å². The SMILES string of the molecule is Cc1nccn1CCNCC1CCCO1. The van der Waals surface area contributed by atoms with Crippen LogP contribution in [0.5, 0.6) is 0 Å². The Labute approximate surface area is 90.6 Å². The fourth-order valence-electron chi connectivity index (χ4n) is 1.91. The highest BCUT2D eigenvalue weighted by atomic mass is 16.5. The van der Waals surface area contributed by atoms with Crippen LogP contribution in [0.3, 0.4) is 0 Å². The van der Waals surface area contributed by atoms with Crippen molar-refractivity contribution in [2.75, 3.05) is 19.7 Å². The summed E-state index contributed by atoms with van der Waals surface area (Å²) >= 11 is 0. The van der Waals surface area contributed by atoms with Crippen molar-refractivity contribution >= 4 is 0 Å². The number of hydrogen-bond acceptors (Lipinski definition) is 3. The van der Waals surface area contributed by atoms with Crippen LogP contribution in [-0.4, -0.2) is 35.4 Å². The van der Waals surface area contributed by atoms with Crippen LogP contribution in [0.15, 0.2) is 12.4 Å². The summed E-state index contributed by atoms with van der Waals surface area (Å²) in [6.45, 7) is 5.91. The average Bonchev–Trinajstić information content (AvgIpc) is 2.85. The lowest BCUT2D eigenvalue weighted by molar-refractivity contribution is 0.110. The van der Waals surface area contributed by atoms with Crippen molar-refractivity contribution in [3.63, 3.8) is 0 Å². The molecule has 0 radical (unpaired) electrons. The number of nitrogens with one attached hydrogen (secondary N) is 1. The molecule has 1 atom stereocenters. The van der Waals surface area contributed by atoms with Gasteiger partial charge in [-0.3, -0.25) is 0 Å². The van der Waals surface area contributed by atoms with Gasteiger partial charge in [-0.05, 0) is 19.8 Å². The van der Waals surface area contributed by atoms with Gasteiger partial charge in [0.1, 0.15) is 5.82 Å². The standard InChI is InChI=1S/C11H19N3O/c1-10-13-5-7-14(10)6-4-12-9-11-3-2-8-15-11/h5,7,11-12H,2-4,6,8-9H2,1H3. The molecule has 2 heterocycles. The molecular formula is C11H19N3O. The predicted octanol–water partition coefficient (Wildman–Crippen LogP) is 0.960. The first kappa shape index (κ1) is 10.6. The maximum absolute atomic E-state index is 5.53. The highest BCUT2D eigenvalue weighted by molar-refractivity contribution is 4.88. The predicted molar refractivity (Wildman–Crippen MR) is 58.8 cm³/mol. The number of aryl methyl sites for hydroxylation is 1. The van der Waals surface area contributed by atoms with Crippen molar-refractivity contribution in [1.29, 1.82) is 0 Å². The average molecular weight is 209 g/mol. The van der Waals surface area contributed by atoms with E-state index in [0.717, 1.165) is 32.1 Å². The highest BCUT2D eigenvalue weighted by Crippen LogP contribution is 2.10. The van der Waals surface area contributed by atoms with Gasteiger partial charge in [0.15, 0.2) is 0 Å². The molecule has 1 aromatic heterocycles. The Kier molecular flexibility index (Phi) is 3.75. The zero-order valence-corrected chi connectivity index (χ0v) is 9.28. The molecule has 0 aliphatic carbocycles. The Morgan fingerprint density at radius 3 is 3.27 bits per heavy atom. The molecule has 4 heteroatoms. The quantitative estimate of drug-likeness (QED) is 0.734. The van der Waals surface area contributed by atoms with Crippen LogP contribution in [0, 0.1) is 6.92 Å². The van der Waals surface area contributed by atoms with Gasteiger partial charge in [-0.25, -0.2) is 4.98 Å². The van der Waals surface area contributed by atoms with E-state index in [9.17, 15) is 0 Å². The number of rotatable bonds is 5. The third-order valence-electron chi connectivity index (χ3n) is 2.85. The Morgan fingerprint density at radius 1 is 1.67 bits per heavy atom. The molecular weight excluding hydrogens is 190 g/mol. The van der Waals surface area contributed by atoms with Gasteiger partial charge in [0.2, 0.25) is 0 Å². The van der Waals surface area contributed by atoms with E-state index in [-0.39, 0.29) is 0 Å². The second-order valence-corrected chi connectivity index (χ2v) is 4.01. The monoisotopic (exact) mass is 209 g/mol. The zero-order chi connectivity index (χ0) is 10.5. The van der Waals surface area contributed by atoms with Gasteiger partial charge >= 0.3 is 0 Å². The van der Waals surface area contributed by atoms with E-state index in [4.69, 9.17) is 4.74 Å². The number of imidazole rings is 1. The molecule has 2 rings (SSSR count). The molecule has 1 unspecified atom stereocenters. The van der Waals surface area contributed by atoms with E-state index in [1.165, 1.54) is 12.8 Å². The van der Waals surface area contributed by atoms with Crippen molar-refractivity contribution in [3.05, 3.63) is 18.2 Å². The summed E-state index contributed by atoms with van der Waals surface area (Å²) in [6, 6.07) is 0. The molecule has 0 saturated carbocycles. The molecule has 1 fully saturated rings. The minimum Gasteiger partial charge on any atom is -0.377 e. The number of nitrogens with zero attached hydrogens (tertiary/aromatic N) is 2. The highest BCUT2D eigenvalue weighted by Gasteiger charge is 2.14. The Balaban J connectivity index is 1.60. The summed E-state index contributed by atoms with van der Waals surface area (Å²) in [5.74, 6) is 1.08. The first-order chi connectivity index (χ1) is 7.36. The molecule has 1 aliphatic heterocycles. The van der Waals surface area contributed by atoms with Gasteiger partial charge in [0.25, 0.3) is 0 Å². The summed E-state index contributed by atoms with van der Waals surface area (Å²) in [7, 11) is 0. The van der Waals surface area contributed by atoms with Crippen molar-refractivity contribution in [2.45, 2.75) is 32.4 Å². The molecule has 84 valence electrons. The van der Waals surface area contributed by atoms with Crippen LogP contribution in [0.1, 0.15) is 18.7 Å². The smallest absolute Gasteiger partial charge is 0.105 e. The van der Waals surface area contributed by atoms with Crippen molar-refractivity contribution in [2.24, 2.45) is 0 Å². The number of ether oxygens (including phenoxy) is 1. The van der Waals surface area contributed by atoms with Gasteiger partial charge in [-0.1, -0.05) is 0 Å². The molecule has 1 aromatic rings. The van der Waals surface area contributed by atoms with Gasteiger partial charge in [0, 0.05) is 38.6 Å². The van der Waals surface area contributed by atoms with E-state index < -0.39 is 0 Å². The molecule has 4 nitrogen and oxygen atoms in total. The van der Waals surface area contributed by atoms with E-state index in [0.29, 0.717) is 6.10 Å². The summed E-state index contributed by atoms with van der Waals surface area (Å²) in [6.07, 6.45) is 6.72. The van der Waals surface area contributed by atoms with Crippen LogP contribution in [-0.2, 0) is 11.3 Å². The number of aromatic nitrogens is 2. The lowest BCUT2D eigenvalue weighted by Gasteiger charge is -2.11. The largest absolute Gasteiger partial charge is 0.377 e. The third-order valence-corrected chi connectivity index (χ3v) is 2.85. The summed E-state index contributed by atoms with van der Waals surface area (Å²) < 4.78 is 7.69. The Morgan fingerprint density at radius 2 is 2.60 bits per heavy atom. The minimum absolute atomic E-state index is 0.439. The first-order valence-electron chi connectivity index (χ1n) is 5.66. The molecule has 0 bridgehead atoms. The third kappa shape index (κ3) is 3.04. The lowest BCUT2D eigenvalue weighted by Crippen LogP contribution is -2.29. The molecule has 1 aliphatic rings. The van der Waals surface area contributed by atoms with Gasteiger partial charge < -0.3 is 14.6 Å².